The molecule has 0 atom stereocenters. The van der Waals surface area contributed by atoms with Gasteiger partial charge in [-0.1, -0.05) is 0 Å². The summed E-state index contributed by atoms with van der Waals surface area (Å²) in [4.78, 5) is 11.0. The average Bonchev–Trinajstić information content (AvgIpc) is 2.33. The van der Waals surface area contributed by atoms with Crippen molar-refractivity contribution in [3.63, 3.8) is 0 Å². The molecule has 0 aromatic heterocycles. The van der Waals surface area contributed by atoms with Gasteiger partial charge in [0, 0.05) is 25.9 Å². The highest BCUT2D eigenvalue weighted by Crippen LogP contribution is 2.31. The second kappa shape index (κ2) is 6.42. The number of alkyl halides is 3. The van der Waals surface area contributed by atoms with Crippen LogP contribution in [0.3, 0.4) is 0 Å². The molecule has 1 aromatic rings. The zero-order valence-electron chi connectivity index (χ0n) is 10.3. The van der Waals surface area contributed by atoms with Gasteiger partial charge < -0.3 is 15.2 Å². The Morgan fingerprint density at radius 1 is 1.42 bits per heavy atom. The molecule has 19 heavy (non-hydrogen) atoms. The fourth-order valence-corrected chi connectivity index (χ4v) is 1.49. The molecule has 106 valence electrons. The minimum atomic E-state index is -4.56. The molecule has 0 radical (unpaired) electrons. The van der Waals surface area contributed by atoms with E-state index >= 15 is 0 Å². The molecule has 0 heterocycles. The van der Waals surface area contributed by atoms with Gasteiger partial charge in [-0.25, -0.2) is 4.79 Å². The number of ether oxygens (including phenoxy) is 1. The number of hydrogen-bond donors (Lipinski definition) is 2. The van der Waals surface area contributed by atoms with Crippen molar-refractivity contribution in [1.29, 1.82) is 0 Å². The van der Waals surface area contributed by atoms with Gasteiger partial charge in [-0.2, -0.15) is 13.2 Å². The Morgan fingerprint density at radius 2 is 2.11 bits per heavy atom. The normalized spacial score (nSPS) is 11.4. The van der Waals surface area contributed by atoms with Crippen LogP contribution in [0.2, 0.25) is 0 Å². The first-order valence-electron chi connectivity index (χ1n) is 5.53. The lowest BCUT2D eigenvalue weighted by molar-refractivity contribution is -0.137. The quantitative estimate of drug-likeness (QED) is 0.785. The molecule has 1 rings (SSSR count). The summed E-state index contributed by atoms with van der Waals surface area (Å²) < 4.78 is 42.3. The fraction of sp³-hybridized carbons (Fsp3) is 0.417. The molecule has 0 unspecified atom stereocenters. The van der Waals surface area contributed by atoms with Crippen LogP contribution >= 0.6 is 0 Å². The molecule has 0 fully saturated rings. The summed E-state index contributed by atoms with van der Waals surface area (Å²) in [7, 11) is 1.53. The number of carboxylic acids is 1. The van der Waals surface area contributed by atoms with Gasteiger partial charge in [-0.3, -0.25) is 0 Å². The highest BCUT2D eigenvalue weighted by atomic mass is 19.4. The van der Waals surface area contributed by atoms with Crippen LogP contribution in [-0.2, 0) is 10.9 Å². The summed E-state index contributed by atoms with van der Waals surface area (Å²) in [6.07, 6.45) is -3.94. The van der Waals surface area contributed by atoms with Crippen LogP contribution in [0.5, 0.6) is 0 Å². The summed E-state index contributed by atoms with van der Waals surface area (Å²) in [5.74, 6) is -1.40. The van der Waals surface area contributed by atoms with Crippen LogP contribution in [0, 0.1) is 0 Å². The van der Waals surface area contributed by atoms with Crippen molar-refractivity contribution in [3.05, 3.63) is 29.3 Å². The van der Waals surface area contributed by atoms with Gasteiger partial charge in [0.05, 0.1) is 11.1 Å². The lowest BCUT2D eigenvalue weighted by atomic mass is 10.1. The van der Waals surface area contributed by atoms with Crippen molar-refractivity contribution in [3.8, 4) is 0 Å². The first kappa shape index (κ1) is 15.3. The molecule has 0 saturated carbocycles. The molecule has 0 aliphatic heterocycles. The number of benzene rings is 1. The molecule has 0 aliphatic carbocycles. The van der Waals surface area contributed by atoms with Gasteiger partial charge in [0.15, 0.2) is 0 Å². The number of hydrogen-bond acceptors (Lipinski definition) is 3. The zero-order chi connectivity index (χ0) is 14.5. The summed E-state index contributed by atoms with van der Waals surface area (Å²) in [5, 5.41) is 11.7. The topological polar surface area (TPSA) is 58.6 Å². The lowest BCUT2D eigenvalue weighted by Crippen LogP contribution is -2.12. The highest BCUT2D eigenvalue weighted by Gasteiger charge is 2.31. The summed E-state index contributed by atoms with van der Waals surface area (Å²) >= 11 is 0. The molecule has 0 bridgehead atoms. The Morgan fingerprint density at radius 3 is 2.63 bits per heavy atom. The number of carbonyl (C=O) groups is 1. The van der Waals surface area contributed by atoms with Crippen LogP contribution in [-0.4, -0.2) is 31.3 Å². The van der Waals surface area contributed by atoms with E-state index in [9.17, 15) is 18.0 Å². The third kappa shape index (κ3) is 4.44. The fourth-order valence-electron chi connectivity index (χ4n) is 1.49. The summed E-state index contributed by atoms with van der Waals surface area (Å²) in [6.45, 7) is 0.898. The Hall–Kier alpha value is -1.76. The van der Waals surface area contributed by atoms with E-state index in [-0.39, 0.29) is 5.69 Å². The molecule has 7 heteroatoms. The second-order valence-electron chi connectivity index (χ2n) is 3.84. The van der Waals surface area contributed by atoms with E-state index in [1.807, 2.05) is 0 Å². The van der Waals surface area contributed by atoms with Gasteiger partial charge in [0.1, 0.15) is 0 Å². The van der Waals surface area contributed by atoms with Crippen LogP contribution in [0.4, 0.5) is 18.9 Å². The number of nitrogens with one attached hydrogen (secondary N) is 1. The first-order valence-corrected chi connectivity index (χ1v) is 5.53. The van der Waals surface area contributed by atoms with Crippen LogP contribution < -0.4 is 5.32 Å². The largest absolute Gasteiger partial charge is 0.478 e. The van der Waals surface area contributed by atoms with Gasteiger partial charge in [-0.05, 0) is 24.6 Å². The van der Waals surface area contributed by atoms with E-state index in [0.29, 0.717) is 25.6 Å². The monoisotopic (exact) mass is 277 g/mol. The first-order chi connectivity index (χ1) is 8.86. The maximum absolute atomic E-state index is 12.5. The van der Waals surface area contributed by atoms with Crippen LogP contribution in [0.15, 0.2) is 18.2 Å². The van der Waals surface area contributed by atoms with E-state index in [0.717, 1.165) is 12.1 Å². The molecular formula is C12H14F3NO3. The molecule has 0 spiro atoms. The van der Waals surface area contributed by atoms with Crippen LogP contribution in [0.25, 0.3) is 0 Å². The van der Waals surface area contributed by atoms with Crippen LogP contribution in [0.1, 0.15) is 22.3 Å². The van der Waals surface area contributed by atoms with Crippen molar-refractivity contribution in [1.82, 2.24) is 0 Å². The lowest BCUT2D eigenvalue weighted by Gasteiger charge is -2.12. The number of carboxylic acid groups (broad SMARTS) is 1. The summed E-state index contributed by atoms with van der Waals surface area (Å²) in [6, 6.07) is 2.60. The van der Waals surface area contributed by atoms with E-state index in [4.69, 9.17) is 9.84 Å². The molecule has 0 amide bonds. The molecule has 1 aromatic carbocycles. The van der Waals surface area contributed by atoms with E-state index in [1.165, 1.54) is 7.11 Å². The van der Waals surface area contributed by atoms with Crippen molar-refractivity contribution in [2.24, 2.45) is 0 Å². The molecule has 4 nitrogen and oxygen atoms in total. The number of anilines is 1. The standard InChI is InChI=1S/C12H14F3NO3/c1-19-6-2-5-16-10-4-3-8(12(13,14)15)7-9(10)11(17)18/h3-4,7,16H,2,5-6H2,1H3,(H,17,18). The third-order valence-electron chi connectivity index (χ3n) is 2.42. The van der Waals surface area contributed by atoms with Gasteiger partial charge in [-0.15, -0.1) is 0 Å². The number of halogens is 3. The van der Waals surface area contributed by atoms with Crippen molar-refractivity contribution in [2.75, 3.05) is 25.6 Å². The van der Waals surface area contributed by atoms with Gasteiger partial charge in [0.2, 0.25) is 0 Å². The highest BCUT2D eigenvalue weighted by molar-refractivity contribution is 5.94. The third-order valence-corrected chi connectivity index (χ3v) is 2.42. The van der Waals surface area contributed by atoms with Crippen molar-refractivity contribution < 1.29 is 27.8 Å². The molecular weight excluding hydrogens is 263 g/mol. The van der Waals surface area contributed by atoms with Gasteiger partial charge >= 0.3 is 12.1 Å². The Bertz CT molecular complexity index is 446. The minimum Gasteiger partial charge on any atom is -0.478 e. The Labute approximate surface area is 108 Å². The van der Waals surface area contributed by atoms with E-state index in [2.05, 4.69) is 5.32 Å². The molecule has 0 saturated heterocycles. The van der Waals surface area contributed by atoms with Crippen molar-refractivity contribution >= 4 is 11.7 Å². The average molecular weight is 277 g/mol. The van der Waals surface area contributed by atoms with Gasteiger partial charge in [0.25, 0.3) is 0 Å². The maximum Gasteiger partial charge on any atom is 0.416 e. The van der Waals surface area contributed by atoms with E-state index in [1.54, 1.807) is 0 Å². The number of aromatic carboxylic acids is 1. The SMILES string of the molecule is COCCCNc1ccc(C(F)(F)F)cc1C(=O)O. The van der Waals surface area contributed by atoms with E-state index < -0.39 is 23.3 Å². The second-order valence-corrected chi connectivity index (χ2v) is 3.84. The Kier molecular flexibility index (Phi) is 5.17. The smallest absolute Gasteiger partial charge is 0.416 e. The maximum atomic E-state index is 12.5. The zero-order valence-corrected chi connectivity index (χ0v) is 10.3. The molecule has 2 N–H and O–H groups in total. The predicted octanol–water partition coefficient (Wildman–Crippen LogP) is 2.85. The summed E-state index contributed by atoms with van der Waals surface area (Å²) in [5.41, 5.74) is -1.21. The minimum absolute atomic E-state index is 0.164. The van der Waals surface area contributed by atoms with Crippen molar-refractivity contribution in [2.45, 2.75) is 12.6 Å². The number of methoxy groups -OCH3 is 1. The predicted molar refractivity (Wildman–Crippen MR) is 63.4 cm³/mol. The molecule has 0 aliphatic rings. The number of rotatable bonds is 6. The Balaban J connectivity index is 2.90.